The number of hydrogen-bond acceptors (Lipinski definition) is 6. The summed E-state index contributed by atoms with van der Waals surface area (Å²) in [6, 6.07) is 4.34. The first kappa shape index (κ1) is 19.8. The van der Waals surface area contributed by atoms with Crippen LogP contribution in [0.15, 0.2) is 33.7 Å². The maximum atomic E-state index is 13.7. The van der Waals surface area contributed by atoms with Crippen LogP contribution >= 0.6 is 12.4 Å². The van der Waals surface area contributed by atoms with Crippen molar-refractivity contribution in [2.45, 2.75) is 49.1 Å². The van der Waals surface area contributed by atoms with Crippen molar-refractivity contribution in [1.29, 1.82) is 0 Å². The first-order chi connectivity index (χ1) is 11.3. The standard InChI is InChI=1S/C15H19FN4O3S.ClH/c1-10(20-24(21,22)12-7-3-2-6-11(12)16)13-18-14(19-23-13)15(17)8-4-5-9-15;/h2-3,6-7,10,20H,4-5,8-9,17H2,1H3;1H. The molecule has 7 nitrogen and oxygen atoms in total. The third-order valence-corrected chi connectivity index (χ3v) is 5.79. The van der Waals surface area contributed by atoms with E-state index >= 15 is 0 Å². The van der Waals surface area contributed by atoms with Gasteiger partial charge in [0.2, 0.25) is 15.9 Å². The molecule has 0 spiro atoms. The highest BCUT2D eigenvalue weighted by atomic mass is 35.5. The molecule has 10 heteroatoms. The van der Waals surface area contributed by atoms with Crippen molar-refractivity contribution in [2.24, 2.45) is 5.73 Å². The zero-order chi connectivity index (χ0) is 17.4. The zero-order valence-electron chi connectivity index (χ0n) is 13.6. The van der Waals surface area contributed by atoms with E-state index in [9.17, 15) is 12.8 Å². The fourth-order valence-electron chi connectivity index (χ4n) is 2.85. The summed E-state index contributed by atoms with van der Waals surface area (Å²) in [4.78, 5) is 3.81. The molecule has 1 atom stereocenters. The number of hydrogen-bond donors (Lipinski definition) is 2. The van der Waals surface area contributed by atoms with E-state index in [0.29, 0.717) is 5.82 Å². The number of aromatic nitrogens is 2. The second-order valence-electron chi connectivity index (χ2n) is 6.09. The van der Waals surface area contributed by atoms with Gasteiger partial charge in [-0.05, 0) is 31.9 Å². The molecule has 1 saturated carbocycles. The molecule has 25 heavy (non-hydrogen) atoms. The number of rotatable bonds is 5. The molecule has 3 rings (SSSR count). The molecule has 1 aromatic heterocycles. The van der Waals surface area contributed by atoms with Crippen LogP contribution in [0, 0.1) is 5.82 Å². The quantitative estimate of drug-likeness (QED) is 0.810. The lowest BCUT2D eigenvalue weighted by molar-refractivity contribution is 0.333. The van der Waals surface area contributed by atoms with Gasteiger partial charge in [0, 0.05) is 0 Å². The molecule has 138 valence electrons. The SMILES string of the molecule is CC(NS(=O)(=O)c1ccccc1F)c1nc(C2(N)CCCC2)no1.Cl. The first-order valence-electron chi connectivity index (χ1n) is 7.72. The topological polar surface area (TPSA) is 111 Å². The summed E-state index contributed by atoms with van der Waals surface area (Å²) >= 11 is 0. The summed E-state index contributed by atoms with van der Waals surface area (Å²) in [5.74, 6) is -0.344. The number of nitrogens with one attached hydrogen (secondary N) is 1. The summed E-state index contributed by atoms with van der Waals surface area (Å²) in [5, 5.41) is 3.89. The van der Waals surface area contributed by atoms with Crippen molar-refractivity contribution in [2.75, 3.05) is 0 Å². The predicted molar refractivity (Wildman–Crippen MR) is 91.0 cm³/mol. The normalized spacial score (nSPS) is 17.9. The van der Waals surface area contributed by atoms with Gasteiger partial charge in [0.1, 0.15) is 10.7 Å². The van der Waals surface area contributed by atoms with Gasteiger partial charge in [-0.25, -0.2) is 12.8 Å². The third-order valence-electron chi connectivity index (χ3n) is 4.21. The van der Waals surface area contributed by atoms with Gasteiger partial charge in [-0.15, -0.1) is 12.4 Å². The number of nitrogens with two attached hydrogens (primary N) is 1. The molecule has 0 radical (unpaired) electrons. The van der Waals surface area contributed by atoms with Crippen LogP contribution in [0.2, 0.25) is 0 Å². The molecule has 0 bridgehead atoms. The minimum atomic E-state index is -4.05. The average molecular weight is 391 g/mol. The molecule has 0 aliphatic heterocycles. The molecule has 0 amide bonds. The van der Waals surface area contributed by atoms with Gasteiger partial charge in [0.05, 0.1) is 11.6 Å². The molecular formula is C15H20ClFN4O3S. The minimum Gasteiger partial charge on any atom is -0.338 e. The fourth-order valence-corrected chi connectivity index (χ4v) is 4.13. The van der Waals surface area contributed by atoms with Crippen molar-refractivity contribution in [3.63, 3.8) is 0 Å². The van der Waals surface area contributed by atoms with Crippen molar-refractivity contribution >= 4 is 22.4 Å². The van der Waals surface area contributed by atoms with Gasteiger partial charge in [-0.1, -0.05) is 30.1 Å². The highest BCUT2D eigenvalue weighted by Gasteiger charge is 2.36. The molecule has 1 aromatic carbocycles. The molecule has 1 unspecified atom stereocenters. The van der Waals surface area contributed by atoms with Crippen LogP contribution in [0.5, 0.6) is 0 Å². The number of halogens is 2. The molecule has 1 fully saturated rings. The second kappa shape index (κ2) is 7.36. The Labute approximate surface area is 151 Å². The van der Waals surface area contributed by atoms with Crippen molar-refractivity contribution < 1.29 is 17.3 Å². The van der Waals surface area contributed by atoms with Gasteiger partial charge in [0.25, 0.3) is 0 Å². The van der Waals surface area contributed by atoms with Crippen LogP contribution < -0.4 is 10.5 Å². The Hall–Kier alpha value is -1.55. The van der Waals surface area contributed by atoms with E-state index in [2.05, 4.69) is 14.9 Å². The number of benzene rings is 1. The van der Waals surface area contributed by atoms with Crippen LogP contribution in [-0.2, 0) is 15.6 Å². The summed E-state index contributed by atoms with van der Waals surface area (Å²) in [5.41, 5.74) is 5.64. The van der Waals surface area contributed by atoms with Crippen LogP contribution in [0.4, 0.5) is 4.39 Å². The van der Waals surface area contributed by atoms with E-state index in [1.165, 1.54) is 18.2 Å². The van der Waals surface area contributed by atoms with E-state index in [1.807, 2.05) is 0 Å². The molecule has 1 heterocycles. The maximum absolute atomic E-state index is 13.7. The van der Waals surface area contributed by atoms with Gasteiger partial charge < -0.3 is 10.3 Å². The lowest BCUT2D eigenvalue weighted by atomic mass is 9.99. The Bertz CT molecular complexity index is 837. The monoisotopic (exact) mass is 390 g/mol. The summed E-state index contributed by atoms with van der Waals surface area (Å²) in [7, 11) is -4.05. The highest BCUT2D eigenvalue weighted by Crippen LogP contribution is 2.35. The van der Waals surface area contributed by atoms with Gasteiger partial charge >= 0.3 is 0 Å². The molecular weight excluding hydrogens is 371 g/mol. The molecule has 1 aliphatic carbocycles. The predicted octanol–water partition coefficient (Wildman–Crippen LogP) is 2.40. The van der Waals surface area contributed by atoms with E-state index in [0.717, 1.165) is 31.7 Å². The van der Waals surface area contributed by atoms with Crippen LogP contribution in [0.1, 0.15) is 50.4 Å². The highest BCUT2D eigenvalue weighted by molar-refractivity contribution is 7.89. The molecule has 3 N–H and O–H groups in total. The number of nitrogens with zero attached hydrogens (tertiary/aromatic N) is 2. The Morgan fingerprint density at radius 2 is 1.96 bits per heavy atom. The molecule has 1 aliphatic rings. The molecule has 2 aromatic rings. The lowest BCUT2D eigenvalue weighted by Crippen LogP contribution is -2.34. The summed E-state index contributed by atoms with van der Waals surface area (Å²) < 4.78 is 45.8. The van der Waals surface area contributed by atoms with Crippen molar-refractivity contribution in [1.82, 2.24) is 14.9 Å². The van der Waals surface area contributed by atoms with Gasteiger partial charge in [-0.3, -0.25) is 0 Å². The lowest BCUT2D eigenvalue weighted by Gasteiger charge is -2.17. The smallest absolute Gasteiger partial charge is 0.244 e. The Morgan fingerprint density at radius 1 is 1.32 bits per heavy atom. The van der Waals surface area contributed by atoms with Crippen LogP contribution in [0.3, 0.4) is 0 Å². The Kier molecular flexibility index (Phi) is 5.82. The Balaban J connectivity index is 0.00000225. The maximum Gasteiger partial charge on any atom is 0.244 e. The zero-order valence-corrected chi connectivity index (χ0v) is 15.2. The van der Waals surface area contributed by atoms with E-state index in [1.54, 1.807) is 6.92 Å². The average Bonchev–Trinajstić information content (AvgIpc) is 3.17. The third kappa shape index (κ3) is 4.00. The largest absolute Gasteiger partial charge is 0.338 e. The van der Waals surface area contributed by atoms with Crippen LogP contribution in [0.25, 0.3) is 0 Å². The first-order valence-corrected chi connectivity index (χ1v) is 9.20. The van der Waals surface area contributed by atoms with Crippen molar-refractivity contribution in [3.8, 4) is 0 Å². The number of sulfonamides is 1. The van der Waals surface area contributed by atoms with E-state index in [-0.39, 0.29) is 18.3 Å². The summed E-state index contributed by atoms with van der Waals surface area (Å²) in [6.45, 7) is 1.55. The van der Waals surface area contributed by atoms with E-state index < -0.39 is 32.3 Å². The van der Waals surface area contributed by atoms with Crippen LogP contribution in [-0.4, -0.2) is 18.6 Å². The molecule has 0 saturated heterocycles. The van der Waals surface area contributed by atoms with Gasteiger partial charge in [-0.2, -0.15) is 9.71 Å². The van der Waals surface area contributed by atoms with E-state index in [4.69, 9.17) is 10.3 Å². The summed E-state index contributed by atoms with van der Waals surface area (Å²) in [6.07, 6.45) is 3.52. The van der Waals surface area contributed by atoms with Crippen molar-refractivity contribution in [3.05, 3.63) is 41.8 Å². The van der Waals surface area contributed by atoms with Gasteiger partial charge in [0.15, 0.2) is 5.82 Å². The fraction of sp³-hybridized carbons (Fsp3) is 0.467. The minimum absolute atomic E-state index is 0. The Morgan fingerprint density at radius 3 is 2.60 bits per heavy atom. The second-order valence-corrected chi connectivity index (χ2v) is 7.78.